The van der Waals surface area contributed by atoms with Crippen LogP contribution in [0.1, 0.15) is 54.4 Å². The van der Waals surface area contributed by atoms with E-state index < -0.39 is 18.2 Å². The van der Waals surface area contributed by atoms with Gasteiger partial charge in [-0.25, -0.2) is 4.79 Å². The van der Waals surface area contributed by atoms with Crippen LogP contribution in [-0.4, -0.2) is 30.1 Å². The SMILES string of the molecule is CCC(C)OC(C)C(=O)OC(C)C(=O)C(C)CC. The third kappa shape index (κ3) is 5.63. The summed E-state index contributed by atoms with van der Waals surface area (Å²) in [6.07, 6.45) is 0.259. The Balaban J connectivity index is 4.26. The van der Waals surface area contributed by atoms with E-state index in [1.54, 1.807) is 13.8 Å². The van der Waals surface area contributed by atoms with Crippen LogP contribution in [0.15, 0.2) is 0 Å². The fraction of sp³-hybridized carbons (Fsp3) is 0.857. The first-order chi connectivity index (χ1) is 8.33. The van der Waals surface area contributed by atoms with E-state index in [0.29, 0.717) is 0 Å². The summed E-state index contributed by atoms with van der Waals surface area (Å²) < 4.78 is 10.6. The van der Waals surface area contributed by atoms with Gasteiger partial charge in [-0.2, -0.15) is 0 Å². The standard InChI is InChI=1S/C14H26O4/c1-7-9(3)13(15)11(5)18-14(16)12(6)17-10(4)8-2/h9-12H,7-8H2,1-6H3. The van der Waals surface area contributed by atoms with Gasteiger partial charge in [0.1, 0.15) is 0 Å². The number of ether oxygens (including phenoxy) is 2. The van der Waals surface area contributed by atoms with Crippen molar-refractivity contribution in [3.8, 4) is 0 Å². The van der Waals surface area contributed by atoms with E-state index in [1.165, 1.54) is 0 Å². The molecule has 0 saturated carbocycles. The highest BCUT2D eigenvalue weighted by Crippen LogP contribution is 2.10. The van der Waals surface area contributed by atoms with E-state index in [1.807, 2.05) is 27.7 Å². The molecule has 4 unspecified atom stereocenters. The molecular weight excluding hydrogens is 232 g/mol. The Hall–Kier alpha value is -0.900. The third-order valence-electron chi connectivity index (χ3n) is 3.13. The van der Waals surface area contributed by atoms with Gasteiger partial charge in [-0.15, -0.1) is 0 Å². The predicted molar refractivity (Wildman–Crippen MR) is 70.3 cm³/mol. The maximum atomic E-state index is 11.8. The van der Waals surface area contributed by atoms with Crippen LogP contribution < -0.4 is 0 Å². The molecule has 0 aromatic heterocycles. The first kappa shape index (κ1) is 17.1. The normalized spacial score (nSPS) is 17.7. The summed E-state index contributed by atoms with van der Waals surface area (Å²) in [5, 5.41) is 0. The van der Waals surface area contributed by atoms with Crippen LogP contribution in [0.4, 0.5) is 0 Å². The molecule has 0 aromatic rings. The van der Waals surface area contributed by atoms with E-state index >= 15 is 0 Å². The van der Waals surface area contributed by atoms with Crippen molar-refractivity contribution in [3.05, 3.63) is 0 Å². The number of carbonyl (C=O) groups is 2. The lowest BCUT2D eigenvalue weighted by atomic mass is 10.0. The molecule has 0 aliphatic carbocycles. The van der Waals surface area contributed by atoms with Crippen LogP contribution in [0.25, 0.3) is 0 Å². The van der Waals surface area contributed by atoms with Gasteiger partial charge in [-0.05, 0) is 33.6 Å². The molecule has 0 aliphatic rings. The average Bonchev–Trinajstić information content (AvgIpc) is 2.36. The largest absolute Gasteiger partial charge is 0.453 e. The second kappa shape index (κ2) is 8.25. The minimum atomic E-state index is -0.699. The Kier molecular flexibility index (Phi) is 7.83. The molecule has 0 saturated heterocycles. The van der Waals surface area contributed by atoms with E-state index in [0.717, 1.165) is 12.8 Å². The van der Waals surface area contributed by atoms with Gasteiger partial charge < -0.3 is 9.47 Å². The molecule has 0 N–H and O–H groups in total. The Bertz CT molecular complexity index is 275. The molecular formula is C14H26O4. The lowest BCUT2D eigenvalue weighted by Gasteiger charge is -2.20. The zero-order chi connectivity index (χ0) is 14.3. The van der Waals surface area contributed by atoms with Crippen LogP contribution in [-0.2, 0) is 19.1 Å². The number of carbonyl (C=O) groups excluding carboxylic acids is 2. The molecule has 4 nitrogen and oxygen atoms in total. The summed E-state index contributed by atoms with van der Waals surface area (Å²) in [4.78, 5) is 23.5. The molecule has 0 rings (SSSR count). The second-order valence-electron chi connectivity index (χ2n) is 4.79. The van der Waals surface area contributed by atoms with Crippen molar-refractivity contribution in [1.82, 2.24) is 0 Å². The molecule has 0 heterocycles. The number of esters is 1. The molecule has 4 atom stereocenters. The first-order valence-corrected chi connectivity index (χ1v) is 6.73. The molecule has 18 heavy (non-hydrogen) atoms. The van der Waals surface area contributed by atoms with Crippen molar-refractivity contribution in [1.29, 1.82) is 0 Å². The number of ketones is 1. The minimum Gasteiger partial charge on any atom is -0.453 e. The lowest BCUT2D eigenvalue weighted by Crippen LogP contribution is -2.34. The quantitative estimate of drug-likeness (QED) is 0.628. The Morgan fingerprint density at radius 3 is 1.94 bits per heavy atom. The number of hydrogen-bond acceptors (Lipinski definition) is 4. The molecule has 0 radical (unpaired) electrons. The van der Waals surface area contributed by atoms with E-state index in [9.17, 15) is 9.59 Å². The van der Waals surface area contributed by atoms with E-state index in [2.05, 4.69) is 0 Å². The third-order valence-corrected chi connectivity index (χ3v) is 3.13. The van der Waals surface area contributed by atoms with Gasteiger partial charge in [0.05, 0.1) is 6.10 Å². The summed E-state index contributed by atoms with van der Waals surface area (Å²) >= 11 is 0. The molecule has 0 bridgehead atoms. The fourth-order valence-electron chi connectivity index (χ4n) is 1.43. The number of hydrogen-bond donors (Lipinski definition) is 0. The number of Topliss-reactive ketones (excluding diaryl/α,β-unsaturated/α-hetero) is 1. The highest BCUT2D eigenvalue weighted by molar-refractivity contribution is 5.87. The van der Waals surface area contributed by atoms with Gasteiger partial charge in [0.2, 0.25) is 0 Å². The van der Waals surface area contributed by atoms with Crippen molar-refractivity contribution in [2.24, 2.45) is 5.92 Å². The fourth-order valence-corrected chi connectivity index (χ4v) is 1.43. The lowest BCUT2D eigenvalue weighted by molar-refractivity contribution is -0.167. The molecule has 0 fully saturated rings. The van der Waals surface area contributed by atoms with Gasteiger partial charge in [0, 0.05) is 5.92 Å². The summed E-state index contributed by atoms with van der Waals surface area (Å²) in [6.45, 7) is 10.9. The predicted octanol–water partition coefficient (Wildman–Crippen LogP) is 2.74. The zero-order valence-corrected chi connectivity index (χ0v) is 12.4. The highest BCUT2D eigenvalue weighted by Gasteiger charge is 2.25. The number of rotatable bonds is 8. The molecule has 4 heteroatoms. The summed E-state index contributed by atoms with van der Waals surface area (Å²) in [5.41, 5.74) is 0. The van der Waals surface area contributed by atoms with Gasteiger partial charge >= 0.3 is 5.97 Å². The summed E-state index contributed by atoms with van der Waals surface area (Å²) in [5.74, 6) is -0.598. The van der Waals surface area contributed by atoms with Crippen LogP contribution in [0, 0.1) is 5.92 Å². The van der Waals surface area contributed by atoms with Crippen molar-refractivity contribution < 1.29 is 19.1 Å². The Labute approximate surface area is 110 Å². The van der Waals surface area contributed by atoms with E-state index in [-0.39, 0.29) is 17.8 Å². The molecule has 0 spiro atoms. The Morgan fingerprint density at radius 2 is 1.50 bits per heavy atom. The van der Waals surface area contributed by atoms with Gasteiger partial charge in [-0.3, -0.25) is 4.79 Å². The molecule has 0 aromatic carbocycles. The van der Waals surface area contributed by atoms with Crippen LogP contribution in [0.3, 0.4) is 0 Å². The van der Waals surface area contributed by atoms with Crippen LogP contribution in [0.5, 0.6) is 0 Å². The summed E-state index contributed by atoms with van der Waals surface area (Å²) in [6, 6.07) is 0. The van der Waals surface area contributed by atoms with Crippen LogP contribution in [0.2, 0.25) is 0 Å². The van der Waals surface area contributed by atoms with Gasteiger partial charge in [0.15, 0.2) is 18.0 Å². The monoisotopic (exact) mass is 258 g/mol. The van der Waals surface area contributed by atoms with Gasteiger partial charge in [-0.1, -0.05) is 20.8 Å². The first-order valence-electron chi connectivity index (χ1n) is 6.73. The highest BCUT2D eigenvalue weighted by atomic mass is 16.6. The minimum absolute atomic E-state index is 0.00752. The topological polar surface area (TPSA) is 52.6 Å². The van der Waals surface area contributed by atoms with Crippen molar-refractivity contribution >= 4 is 11.8 Å². The molecule has 106 valence electrons. The summed E-state index contributed by atoms with van der Waals surface area (Å²) in [7, 11) is 0. The molecule has 0 aliphatic heterocycles. The van der Waals surface area contributed by atoms with Gasteiger partial charge in [0.25, 0.3) is 0 Å². The maximum Gasteiger partial charge on any atom is 0.335 e. The zero-order valence-electron chi connectivity index (χ0n) is 12.4. The average molecular weight is 258 g/mol. The maximum absolute atomic E-state index is 11.8. The van der Waals surface area contributed by atoms with Crippen molar-refractivity contribution in [3.63, 3.8) is 0 Å². The second-order valence-corrected chi connectivity index (χ2v) is 4.79. The van der Waals surface area contributed by atoms with Crippen molar-refractivity contribution in [2.45, 2.75) is 72.7 Å². The smallest absolute Gasteiger partial charge is 0.335 e. The van der Waals surface area contributed by atoms with E-state index in [4.69, 9.17) is 9.47 Å². The Morgan fingerprint density at radius 1 is 0.944 bits per heavy atom. The van der Waals surface area contributed by atoms with Crippen LogP contribution >= 0.6 is 0 Å². The van der Waals surface area contributed by atoms with Crippen molar-refractivity contribution in [2.75, 3.05) is 0 Å². The molecule has 0 amide bonds.